The average molecular weight is 443 g/mol. The number of rotatable bonds is 2. The molecule has 118 valence electrons. The van der Waals surface area contributed by atoms with E-state index in [-0.39, 0.29) is 0 Å². The van der Waals surface area contributed by atoms with Gasteiger partial charge in [0.25, 0.3) is 0 Å². The van der Waals surface area contributed by atoms with Gasteiger partial charge >= 0.3 is 0 Å². The highest BCUT2D eigenvalue weighted by Crippen LogP contribution is 2.36. The van der Waals surface area contributed by atoms with Crippen LogP contribution in [0.15, 0.2) is 69.6 Å². The van der Waals surface area contributed by atoms with Crippen LogP contribution in [0.25, 0.3) is 21.8 Å². The third-order valence-electron chi connectivity index (χ3n) is 3.94. The van der Waals surface area contributed by atoms with Crippen LogP contribution in [0.4, 0.5) is 17.1 Å². The number of pyridine rings is 1. The lowest BCUT2D eigenvalue weighted by Gasteiger charge is -2.14. The zero-order valence-electron chi connectivity index (χ0n) is 12.6. The second-order valence-electron chi connectivity index (χ2n) is 5.50. The Balaban J connectivity index is 1.97. The van der Waals surface area contributed by atoms with Crippen LogP contribution < -0.4 is 11.1 Å². The van der Waals surface area contributed by atoms with Gasteiger partial charge in [-0.2, -0.15) is 0 Å². The highest BCUT2D eigenvalue weighted by Gasteiger charge is 2.10. The fraction of sp³-hybridized carbons (Fsp3) is 0. The van der Waals surface area contributed by atoms with Gasteiger partial charge in [0.15, 0.2) is 0 Å². The molecule has 3 nitrogen and oxygen atoms in total. The van der Waals surface area contributed by atoms with Crippen LogP contribution in [0.3, 0.4) is 0 Å². The summed E-state index contributed by atoms with van der Waals surface area (Å²) >= 11 is 7.00. The molecule has 0 amide bonds. The third-order valence-corrected chi connectivity index (χ3v) is 5.25. The number of hydrogen-bond acceptors (Lipinski definition) is 3. The van der Waals surface area contributed by atoms with Crippen molar-refractivity contribution in [3.05, 3.63) is 69.6 Å². The smallest absolute Gasteiger partial charge is 0.0730 e. The molecular weight excluding hydrogens is 430 g/mol. The topological polar surface area (TPSA) is 50.9 Å². The molecule has 1 aromatic heterocycles. The quantitative estimate of drug-likeness (QED) is 0.285. The Morgan fingerprint density at radius 1 is 0.792 bits per heavy atom. The molecule has 0 aliphatic carbocycles. The van der Waals surface area contributed by atoms with Gasteiger partial charge in [0.1, 0.15) is 0 Å². The van der Waals surface area contributed by atoms with Gasteiger partial charge in [0.2, 0.25) is 0 Å². The van der Waals surface area contributed by atoms with Gasteiger partial charge < -0.3 is 11.1 Å². The molecule has 4 rings (SSSR count). The van der Waals surface area contributed by atoms with E-state index in [1.54, 1.807) is 0 Å². The first-order valence-corrected chi connectivity index (χ1v) is 9.01. The molecule has 0 aliphatic rings. The van der Waals surface area contributed by atoms with E-state index in [1.807, 2.05) is 48.5 Å². The summed E-state index contributed by atoms with van der Waals surface area (Å²) in [6.07, 6.45) is 0. The monoisotopic (exact) mass is 441 g/mol. The molecule has 0 atom stereocenters. The number of nitrogens with two attached hydrogens (primary N) is 1. The molecule has 0 unspecified atom stereocenters. The Morgan fingerprint density at radius 2 is 1.29 bits per heavy atom. The number of fused-ring (bicyclic) bond motifs is 2. The van der Waals surface area contributed by atoms with Crippen LogP contribution in [-0.2, 0) is 0 Å². The number of halogens is 2. The largest absolute Gasteiger partial charge is 0.397 e. The summed E-state index contributed by atoms with van der Waals surface area (Å²) in [5.41, 5.74) is 10.6. The minimum atomic E-state index is 0.685. The van der Waals surface area contributed by atoms with Crippen LogP contribution in [0.2, 0.25) is 0 Å². The summed E-state index contributed by atoms with van der Waals surface area (Å²) in [5, 5.41) is 5.71. The predicted octanol–water partition coefficient (Wildman–Crippen LogP) is 6.24. The zero-order chi connectivity index (χ0) is 16.7. The first kappa shape index (κ1) is 15.4. The van der Waals surface area contributed by atoms with E-state index >= 15 is 0 Å². The molecule has 4 aromatic rings. The number of nitrogens with one attached hydrogen (secondary N) is 1. The maximum Gasteiger partial charge on any atom is 0.0730 e. The Morgan fingerprint density at radius 3 is 1.83 bits per heavy atom. The minimum absolute atomic E-state index is 0.685. The Kier molecular flexibility index (Phi) is 3.90. The van der Waals surface area contributed by atoms with E-state index in [1.165, 1.54) is 0 Å². The van der Waals surface area contributed by atoms with Gasteiger partial charge in [0, 0.05) is 25.4 Å². The first-order valence-electron chi connectivity index (χ1n) is 7.42. The number of para-hydroxylation sites is 2. The van der Waals surface area contributed by atoms with E-state index in [0.29, 0.717) is 5.69 Å². The van der Waals surface area contributed by atoms with Crippen molar-refractivity contribution in [3.8, 4) is 0 Å². The fourth-order valence-electron chi connectivity index (χ4n) is 2.78. The molecule has 24 heavy (non-hydrogen) atoms. The van der Waals surface area contributed by atoms with Gasteiger partial charge in [-0.25, -0.2) is 4.98 Å². The summed E-state index contributed by atoms with van der Waals surface area (Å²) in [6.45, 7) is 0. The second-order valence-corrected chi connectivity index (χ2v) is 7.21. The summed E-state index contributed by atoms with van der Waals surface area (Å²) in [5.74, 6) is 0. The Bertz CT molecular complexity index is 1000. The molecule has 1 heterocycles. The maximum absolute atomic E-state index is 5.99. The van der Waals surface area contributed by atoms with E-state index in [9.17, 15) is 0 Å². The third kappa shape index (κ3) is 2.64. The minimum Gasteiger partial charge on any atom is -0.397 e. The van der Waals surface area contributed by atoms with Crippen LogP contribution in [-0.4, -0.2) is 4.98 Å². The first-order chi connectivity index (χ1) is 11.6. The summed E-state index contributed by atoms with van der Waals surface area (Å²) < 4.78 is 1.70. The molecule has 0 aliphatic heterocycles. The predicted molar refractivity (Wildman–Crippen MR) is 109 cm³/mol. The van der Waals surface area contributed by atoms with Crippen molar-refractivity contribution in [3.63, 3.8) is 0 Å². The lowest BCUT2D eigenvalue weighted by Crippen LogP contribution is -1.97. The van der Waals surface area contributed by atoms with Gasteiger partial charge in [-0.3, -0.25) is 0 Å². The maximum atomic E-state index is 5.99. The highest BCUT2D eigenvalue weighted by molar-refractivity contribution is 9.11. The van der Waals surface area contributed by atoms with Crippen molar-refractivity contribution in [2.24, 2.45) is 0 Å². The summed E-state index contributed by atoms with van der Waals surface area (Å²) in [7, 11) is 0. The molecule has 0 radical (unpaired) electrons. The van der Waals surface area contributed by atoms with Gasteiger partial charge in [-0.1, -0.05) is 36.4 Å². The van der Waals surface area contributed by atoms with Crippen molar-refractivity contribution in [2.75, 3.05) is 11.1 Å². The second kappa shape index (κ2) is 6.07. The van der Waals surface area contributed by atoms with Gasteiger partial charge in [-0.05, 0) is 56.1 Å². The number of aromatic nitrogens is 1. The van der Waals surface area contributed by atoms with E-state index in [4.69, 9.17) is 10.7 Å². The van der Waals surface area contributed by atoms with Crippen LogP contribution in [0.1, 0.15) is 0 Å². The Labute approximate surface area is 156 Å². The molecular formula is C19H13Br2N3. The number of hydrogen-bond donors (Lipinski definition) is 2. The highest BCUT2D eigenvalue weighted by atomic mass is 79.9. The lowest BCUT2D eigenvalue weighted by molar-refractivity contribution is 1.48. The van der Waals surface area contributed by atoms with E-state index in [2.05, 4.69) is 49.3 Å². The normalized spacial score (nSPS) is 11.1. The van der Waals surface area contributed by atoms with Crippen molar-refractivity contribution in [2.45, 2.75) is 0 Å². The number of benzene rings is 3. The van der Waals surface area contributed by atoms with Crippen LogP contribution >= 0.6 is 31.9 Å². The van der Waals surface area contributed by atoms with Crippen molar-refractivity contribution < 1.29 is 0 Å². The molecule has 0 saturated heterocycles. The summed E-state index contributed by atoms with van der Waals surface area (Å²) in [6, 6.07) is 20.2. The van der Waals surface area contributed by atoms with Crippen molar-refractivity contribution >= 4 is 70.7 Å². The van der Waals surface area contributed by atoms with E-state index < -0.39 is 0 Å². The van der Waals surface area contributed by atoms with Crippen molar-refractivity contribution in [1.82, 2.24) is 4.98 Å². The average Bonchev–Trinajstić information content (AvgIpc) is 2.59. The zero-order valence-corrected chi connectivity index (χ0v) is 15.7. The van der Waals surface area contributed by atoms with Gasteiger partial charge in [-0.15, -0.1) is 0 Å². The SMILES string of the molecule is Nc1c(Br)cc(Nc2c3ccccc3nc3ccccc23)cc1Br. The van der Waals surface area contributed by atoms with E-state index in [0.717, 1.165) is 42.1 Å². The van der Waals surface area contributed by atoms with Crippen LogP contribution in [0, 0.1) is 0 Å². The standard InChI is InChI=1S/C19H13Br2N3/c20-14-9-11(10-15(21)18(14)22)23-19-12-5-1-3-7-16(12)24-17-8-4-2-6-13(17)19/h1-10H,22H2,(H,23,24). The van der Waals surface area contributed by atoms with Crippen LogP contribution in [0.5, 0.6) is 0 Å². The number of nitrogens with zero attached hydrogens (tertiary/aromatic N) is 1. The number of anilines is 3. The molecule has 0 fully saturated rings. The Hall–Kier alpha value is -2.11. The fourth-order valence-corrected chi connectivity index (χ4v) is 3.96. The molecule has 5 heteroatoms. The molecule has 0 spiro atoms. The molecule has 3 N–H and O–H groups in total. The molecule has 0 saturated carbocycles. The number of nitrogen functional groups attached to an aromatic ring is 1. The molecule has 0 bridgehead atoms. The lowest BCUT2D eigenvalue weighted by atomic mass is 10.1. The summed E-state index contributed by atoms with van der Waals surface area (Å²) in [4.78, 5) is 4.75. The van der Waals surface area contributed by atoms with Crippen molar-refractivity contribution in [1.29, 1.82) is 0 Å². The van der Waals surface area contributed by atoms with Gasteiger partial charge in [0.05, 0.1) is 22.4 Å². The molecule has 3 aromatic carbocycles.